The number of nitrogen functional groups attached to an aromatic ring is 1. The van der Waals surface area contributed by atoms with Crippen molar-refractivity contribution in [2.75, 3.05) is 5.73 Å². The van der Waals surface area contributed by atoms with Crippen molar-refractivity contribution in [3.05, 3.63) is 27.3 Å². The Hall–Kier alpha value is -1.11. The topological polar surface area (TPSA) is 72.2 Å². The van der Waals surface area contributed by atoms with Gasteiger partial charge in [0.1, 0.15) is 0 Å². The number of hydrogen-bond donors (Lipinski definition) is 2. The zero-order chi connectivity index (χ0) is 13.3. The van der Waals surface area contributed by atoms with E-state index in [0.717, 1.165) is 9.13 Å². The van der Waals surface area contributed by atoms with E-state index in [-0.39, 0.29) is 11.8 Å². The summed E-state index contributed by atoms with van der Waals surface area (Å²) in [5.41, 5.74) is 6.85. The van der Waals surface area contributed by atoms with E-state index in [0.29, 0.717) is 24.9 Å². The molecule has 1 heterocycles. The molecule has 0 bridgehead atoms. The van der Waals surface area contributed by atoms with Crippen LogP contribution in [0.15, 0.2) is 18.2 Å². The van der Waals surface area contributed by atoms with Gasteiger partial charge in [-0.1, -0.05) is 13.0 Å². The number of imide groups is 1. The number of hydrogen-bond acceptors (Lipinski definition) is 3. The van der Waals surface area contributed by atoms with Gasteiger partial charge in [0.15, 0.2) is 0 Å². The molecule has 0 saturated carbocycles. The summed E-state index contributed by atoms with van der Waals surface area (Å²) in [6.07, 6.45) is 1.63. The van der Waals surface area contributed by atoms with E-state index in [4.69, 9.17) is 5.73 Å². The Morgan fingerprint density at radius 3 is 2.72 bits per heavy atom. The van der Waals surface area contributed by atoms with Crippen LogP contribution in [0.3, 0.4) is 0 Å². The zero-order valence-corrected chi connectivity index (χ0v) is 12.3. The summed E-state index contributed by atoms with van der Waals surface area (Å²) in [4.78, 5) is 23.5. The standard InChI is InChI=1S/C13H15IN2O2/c1-2-13(6-5-11(17)16-12(13)18)8-3-4-10(15)9(14)7-8/h3-4,7H,2,5-6,15H2,1H3,(H,16,17,18)/t13-/m0/s1. The average Bonchev–Trinajstić information content (AvgIpc) is 2.34. The highest BCUT2D eigenvalue weighted by Crippen LogP contribution is 2.37. The molecule has 1 atom stereocenters. The van der Waals surface area contributed by atoms with Gasteiger partial charge in [-0.2, -0.15) is 0 Å². The van der Waals surface area contributed by atoms with E-state index in [1.165, 1.54) is 0 Å². The number of halogens is 1. The van der Waals surface area contributed by atoms with Crippen LogP contribution in [-0.4, -0.2) is 11.8 Å². The second-order valence-electron chi connectivity index (χ2n) is 4.55. The Labute approximate surface area is 119 Å². The number of nitrogens with one attached hydrogen (secondary N) is 1. The van der Waals surface area contributed by atoms with Crippen molar-refractivity contribution in [3.8, 4) is 0 Å². The first-order chi connectivity index (χ1) is 8.49. The van der Waals surface area contributed by atoms with Crippen molar-refractivity contribution >= 4 is 40.1 Å². The maximum absolute atomic E-state index is 12.2. The van der Waals surface area contributed by atoms with Crippen LogP contribution < -0.4 is 11.1 Å². The molecule has 18 heavy (non-hydrogen) atoms. The predicted molar refractivity (Wildman–Crippen MR) is 77.9 cm³/mol. The molecule has 0 aromatic heterocycles. The largest absolute Gasteiger partial charge is 0.398 e. The van der Waals surface area contributed by atoms with E-state index in [1.807, 2.05) is 25.1 Å². The zero-order valence-electron chi connectivity index (χ0n) is 10.1. The molecular formula is C13H15IN2O2. The number of piperidine rings is 1. The summed E-state index contributed by atoms with van der Waals surface area (Å²) >= 11 is 2.16. The third kappa shape index (κ3) is 2.11. The maximum atomic E-state index is 12.2. The molecular weight excluding hydrogens is 343 g/mol. The Bertz CT molecular complexity index is 516. The summed E-state index contributed by atoms with van der Waals surface area (Å²) in [6, 6.07) is 5.64. The second kappa shape index (κ2) is 4.87. The Morgan fingerprint density at radius 1 is 1.44 bits per heavy atom. The lowest BCUT2D eigenvalue weighted by molar-refractivity contribution is -0.138. The molecule has 1 aliphatic heterocycles. The number of amides is 2. The van der Waals surface area contributed by atoms with Crippen LogP contribution in [-0.2, 0) is 15.0 Å². The molecule has 1 aromatic carbocycles. The molecule has 1 aromatic rings. The number of rotatable bonds is 2. The van der Waals surface area contributed by atoms with Crippen LogP contribution in [0.2, 0.25) is 0 Å². The van der Waals surface area contributed by atoms with Crippen molar-refractivity contribution in [3.63, 3.8) is 0 Å². The van der Waals surface area contributed by atoms with Gasteiger partial charge in [0.25, 0.3) is 0 Å². The lowest BCUT2D eigenvalue weighted by Gasteiger charge is -2.35. The molecule has 2 amide bonds. The summed E-state index contributed by atoms with van der Waals surface area (Å²) in [5, 5.41) is 2.44. The monoisotopic (exact) mass is 358 g/mol. The summed E-state index contributed by atoms with van der Waals surface area (Å²) in [5.74, 6) is -0.379. The number of nitrogens with two attached hydrogens (primary N) is 1. The lowest BCUT2D eigenvalue weighted by Crippen LogP contribution is -2.51. The van der Waals surface area contributed by atoms with E-state index < -0.39 is 5.41 Å². The number of carbonyl (C=O) groups is 2. The third-order valence-corrected chi connectivity index (χ3v) is 4.56. The minimum Gasteiger partial charge on any atom is -0.398 e. The van der Waals surface area contributed by atoms with Crippen LogP contribution in [0.5, 0.6) is 0 Å². The van der Waals surface area contributed by atoms with Gasteiger partial charge in [-0.3, -0.25) is 14.9 Å². The molecule has 96 valence electrons. The van der Waals surface area contributed by atoms with Gasteiger partial charge in [0, 0.05) is 15.7 Å². The first kappa shape index (κ1) is 13.3. The average molecular weight is 358 g/mol. The van der Waals surface area contributed by atoms with Crippen molar-refractivity contribution in [2.45, 2.75) is 31.6 Å². The molecule has 2 rings (SSSR count). The maximum Gasteiger partial charge on any atom is 0.237 e. The van der Waals surface area contributed by atoms with Gasteiger partial charge in [0.2, 0.25) is 11.8 Å². The van der Waals surface area contributed by atoms with Crippen molar-refractivity contribution in [2.24, 2.45) is 0 Å². The fraction of sp³-hybridized carbons (Fsp3) is 0.385. The van der Waals surface area contributed by atoms with Gasteiger partial charge < -0.3 is 5.73 Å². The Kier molecular flexibility index (Phi) is 3.61. The summed E-state index contributed by atoms with van der Waals surface area (Å²) in [6.45, 7) is 1.97. The first-order valence-electron chi connectivity index (χ1n) is 5.89. The van der Waals surface area contributed by atoms with Crippen LogP contribution in [0.25, 0.3) is 0 Å². The number of benzene rings is 1. The normalized spacial score (nSPS) is 23.9. The first-order valence-corrected chi connectivity index (χ1v) is 6.97. The minimum atomic E-state index is -0.596. The summed E-state index contributed by atoms with van der Waals surface area (Å²) in [7, 11) is 0. The van der Waals surface area contributed by atoms with Crippen molar-refractivity contribution in [1.82, 2.24) is 5.32 Å². The Balaban J connectivity index is 2.46. The molecule has 1 aliphatic rings. The van der Waals surface area contributed by atoms with Crippen LogP contribution in [0.4, 0.5) is 5.69 Å². The highest BCUT2D eigenvalue weighted by molar-refractivity contribution is 14.1. The molecule has 4 nitrogen and oxygen atoms in total. The van der Waals surface area contributed by atoms with E-state index >= 15 is 0 Å². The van der Waals surface area contributed by atoms with Gasteiger partial charge in [-0.05, 0) is 53.1 Å². The molecule has 0 unspecified atom stereocenters. The fourth-order valence-electron chi connectivity index (χ4n) is 2.39. The number of carbonyl (C=O) groups excluding carboxylic acids is 2. The van der Waals surface area contributed by atoms with Crippen LogP contribution in [0.1, 0.15) is 31.7 Å². The molecule has 5 heteroatoms. The van der Waals surface area contributed by atoms with Gasteiger partial charge in [-0.25, -0.2) is 0 Å². The second-order valence-corrected chi connectivity index (χ2v) is 5.71. The predicted octanol–water partition coefficient (Wildman–Crippen LogP) is 1.96. The van der Waals surface area contributed by atoms with Crippen molar-refractivity contribution in [1.29, 1.82) is 0 Å². The fourth-order valence-corrected chi connectivity index (χ4v) is 2.91. The molecule has 0 spiro atoms. The SMILES string of the molecule is CC[C@@]1(c2ccc(N)c(I)c2)CCC(=O)NC1=O. The van der Waals surface area contributed by atoms with Gasteiger partial charge >= 0.3 is 0 Å². The van der Waals surface area contributed by atoms with Gasteiger partial charge in [0.05, 0.1) is 5.41 Å². The van der Waals surface area contributed by atoms with E-state index in [2.05, 4.69) is 27.9 Å². The smallest absolute Gasteiger partial charge is 0.237 e. The molecule has 3 N–H and O–H groups in total. The highest BCUT2D eigenvalue weighted by atomic mass is 127. The van der Waals surface area contributed by atoms with Crippen LogP contribution >= 0.6 is 22.6 Å². The van der Waals surface area contributed by atoms with Gasteiger partial charge in [-0.15, -0.1) is 0 Å². The lowest BCUT2D eigenvalue weighted by atomic mass is 9.72. The molecule has 1 saturated heterocycles. The third-order valence-electron chi connectivity index (χ3n) is 3.62. The van der Waals surface area contributed by atoms with Crippen LogP contribution in [0, 0.1) is 3.57 Å². The van der Waals surface area contributed by atoms with E-state index in [9.17, 15) is 9.59 Å². The van der Waals surface area contributed by atoms with E-state index in [1.54, 1.807) is 0 Å². The highest BCUT2D eigenvalue weighted by Gasteiger charge is 2.42. The molecule has 1 fully saturated rings. The quantitative estimate of drug-likeness (QED) is 0.482. The molecule has 0 radical (unpaired) electrons. The Morgan fingerprint density at radius 2 is 2.17 bits per heavy atom. The minimum absolute atomic E-state index is 0.186. The summed E-state index contributed by atoms with van der Waals surface area (Å²) < 4.78 is 0.933. The molecule has 0 aliphatic carbocycles. The number of anilines is 1. The van der Waals surface area contributed by atoms with Crippen molar-refractivity contribution < 1.29 is 9.59 Å².